The van der Waals surface area contributed by atoms with Crippen LogP contribution in [0.2, 0.25) is 0 Å². The highest BCUT2D eigenvalue weighted by Gasteiger charge is 2.34. The summed E-state index contributed by atoms with van der Waals surface area (Å²) < 4.78 is 0. The Bertz CT molecular complexity index is 1110. The summed E-state index contributed by atoms with van der Waals surface area (Å²) in [7, 11) is 0. The van der Waals surface area contributed by atoms with Crippen molar-refractivity contribution in [1.29, 1.82) is 0 Å². The molecule has 0 bridgehead atoms. The molecule has 1 unspecified atom stereocenters. The largest absolute Gasteiger partial charge is 0.351 e. The quantitative estimate of drug-likeness (QED) is 0.602. The third kappa shape index (κ3) is 4.46. The van der Waals surface area contributed by atoms with Gasteiger partial charge in [0.2, 0.25) is 5.91 Å². The summed E-state index contributed by atoms with van der Waals surface area (Å²) in [5, 5.41) is 5.05. The lowest BCUT2D eigenvalue weighted by molar-refractivity contribution is -0.125. The normalized spacial score (nSPS) is 15.1. The average Bonchev–Trinajstić information content (AvgIpc) is 2.83. The van der Waals surface area contributed by atoms with Crippen molar-refractivity contribution in [3.8, 4) is 12.3 Å². The lowest BCUT2D eigenvalue weighted by Crippen LogP contribution is -2.47. The number of benzene rings is 3. The van der Waals surface area contributed by atoms with Crippen molar-refractivity contribution >= 4 is 28.3 Å². The van der Waals surface area contributed by atoms with Crippen LogP contribution in [0, 0.1) is 12.3 Å². The molecule has 0 saturated heterocycles. The van der Waals surface area contributed by atoms with E-state index >= 15 is 0 Å². The summed E-state index contributed by atoms with van der Waals surface area (Å²) >= 11 is 0. The molecule has 156 valence electrons. The molecule has 0 aliphatic heterocycles. The molecule has 0 spiro atoms. The van der Waals surface area contributed by atoms with E-state index in [1.54, 1.807) is 0 Å². The van der Waals surface area contributed by atoms with Crippen LogP contribution in [-0.4, -0.2) is 17.9 Å². The van der Waals surface area contributed by atoms with Crippen molar-refractivity contribution in [3.05, 3.63) is 78.4 Å². The first-order valence-electron chi connectivity index (χ1n) is 10.8. The standard InChI is InChI=1S/C27H26N2O2/c1-2-25(30)29(24-19-11-15-20-12-9-10-18-23(20)24)26(21-13-5-3-6-14-21)27(31)28-22-16-7-4-8-17-22/h1,3,5-6,9-15,18-19,22,26H,4,7-8,16-17H2,(H,28,31). The van der Waals surface area contributed by atoms with E-state index in [0.29, 0.717) is 5.69 Å². The molecular weight excluding hydrogens is 384 g/mol. The predicted molar refractivity (Wildman–Crippen MR) is 124 cm³/mol. The molecule has 31 heavy (non-hydrogen) atoms. The zero-order valence-electron chi connectivity index (χ0n) is 17.5. The predicted octanol–water partition coefficient (Wildman–Crippen LogP) is 5.00. The van der Waals surface area contributed by atoms with Crippen molar-refractivity contribution in [2.24, 2.45) is 0 Å². The number of nitrogens with zero attached hydrogens (tertiary/aromatic N) is 1. The topological polar surface area (TPSA) is 49.4 Å². The summed E-state index contributed by atoms with van der Waals surface area (Å²) in [6.45, 7) is 0. The Morgan fingerprint density at radius 1 is 0.903 bits per heavy atom. The molecule has 2 amide bonds. The first-order chi connectivity index (χ1) is 15.2. The minimum atomic E-state index is -0.850. The number of nitrogens with one attached hydrogen (secondary N) is 1. The third-order valence-corrected chi connectivity index (χ3v) is 5.94. The maximum atomic E-state index is 13.6. The van der Waals surface area contributed by atoms with Crippen LogP contribution in [-0.2, 0) is 9.59 Å². The smallest absolute Gasteiger partial charge is 0.303 e. The molecule has 1 aliphatic carbocycles. The van der Waals surface area contributed by atoms with Crippen LogP contribution in [0.3, 0.4) is 0 Å². The monoisotopic (exact) mass is 410 g/mol. The van der Waals surface area contributed by atoms with Crippen molar-refractivity contribution in [3.63, 3.8) is 0 Å². The lowest BCUT2D eigenvalue weighted by Gasteiger charge is -2.33. The highest BCUT2D eigenvalue weighted by atomic mass is 16.2. The number of anilines is 1. The summed E-state index contributed by atoms with van der Waals surface area (Å²) in [5.41, 5.74) is 1.36. The number of carbonyl (C=O) groups is 2. The molecule has 4 nitrogen and oxygen atoms in total. The van der Waals surface area contributed by atoms with Gasteiger partial charge in [0.15, 0.2) is 0 Å². The molecule has 1 saturated carbocycles. The maximum Gasteiger partial charge on any atom is 0.303 e. The van der Waals surface area contributed by atoms with Crippen LogP contribution in [0.25, 0.3) is 10.8 Å². The second kappa shape index (κ2) is 9.49. The fourth-order valence-electron chi connectivity index (χ4n) is 4.43. The third-order valence-electron chi connectivity index (χ3n) is 5.94. The molecular formula is C27H26N2O2. The van der Waals surface area contributed by atoms with Gasteiger partial charge in [0, 0.05) is 11.4 Å². The number of hydrogen-bond donors (Lipinski definition) is 1. The summed E-state index contributed by atoms with van der Waals surface area (Å²) in [6, 6.07) is 22.2. The van der Waals surface area contributed by atoms with E-state index in [1.165, 1.54) is 11.3 Å². The fraction of sp³-hybridized carbons (Fsp3) is 0.259. The van der Waals surface area contributed by atoms with Crippen molar-refractivity contribution < 1.29 is 9.59 Å². The van der Waals surface area contributed by atoms with E-state index in [2.05, 4.69) is 11.2 Å². The Hall–Kier alpha value is -3.58. The minimum absolute atomic E-state index is 0.128. The molecule has 0 aromatic heterocycles. The van der Waals surface area contributed by atoms with Crippen molar-refractivity contribution in [2.45, 2.75) is 44.2 Å². The summed E-state index contributed by atoms with van der Waals surface area (Å²) in [4.78, 5) is 28.2. The van der Waals surface area contributed by atoms with E-state index in [-0.39, 0.29) is 11.9 Å². The van der Waals surface area contributed by atoms with E-state index in [9.17, 15) is 9.59 Å². The SMILES string of the molecule is C#CC(=O)N(c1cccc2ccccc12)C(C(=O)NC1CCCCC1)c1ccccc1. The number of fused-ring (bicyclic) bond motifs is 1. The van der Waals surface area contributed by atoms with Crippen LogP contribution in [0.4, 0.5) is 5.69 Å². The first-order valence-corrected chi connectivity index (χ1v) is 10.8. The Balaban J connectivity index is 1.82. The van der Waals surface area contributed by atoms with Gasteiger partial charge in [-0.2, -0.15) is 0 Å². The zero-order chi connectivity index (χ0) is 21.6. The van der Waals surface area contributed by atoms with E-state index in [1.807, 2.05) is 72.8 Å². The van der Waals surface area contributed by atoms with Crippen LogP contribution in [0.15, 0.2) is 72.8 Å². The molecule has 0 heterocycles. The Morgan fingerprint density at radius 2 is 1.58 bits per heavy atom. The van der Waals surface area contributed by atoms with Crippen LogP contribution < -0.4 is 10.2 Å². The molecule has 3 aromatic carbocycles. The molecule has 1 N–H and O–H groups in total. The van der Waals surface area contributed by atoms with Gasteiger partial charge in [-0.05, 0) is 35.8 Å². The molecule has 1 fully saturated rings. The van der Waals surface area contributed by atoms with Gasteiger partial charge in [-0.3, -0.25) is 14.5 Å². The average molecular weight is 411 g/mol. The maximum absolute atomic E-state index is 13.6. The Kier molecular flexibility index (Phi) is 6.33. The number of terminal acetylenes is 1. The highest BCUT2D eigenvalue weighted by Crippen LogP contribution is 2.34. The summed E-state index contributed by atoms with van der Waals surface area (Å²) in [6.07, 6.45) is 10.9. The first kappa shape index (κ1) is 20.7. The van der Waals surface area contributed by atoms with Crippen LogP contribution >= 0.6 is 0 Å². The van der Waals surface area contributed by atoms with Gasteiger partial charge in [0.1, 0.15) is 6.04 Å². The van der Waals surface area contributed by atoms with E-state index in [0.717, 1.165) is 42.0 Å². The fourth-order valence-corrected chi connectivity index (χ4v) is 4.43. The molecule has 0 radical (unpaired) electrons. The van der Waals surface area contributed by atoms with Gasteiger partial charge in [0.05, 0.1) is 5.69 Å². The van der Waals surface area contributed by atoms with E-state index in [4.69, 9.17) is 6.42 Å². The van der Waals surface area contributed by atoms with Gasteiger partial charge in [-0.1, -0.05) is 86.0 Å². The number of rotatable bonds is 5. The van der Waals surface area contributed by atoms with Crippen molar-refractivity contribution in [2.75, 3.05) is 4.90 Å². The molecule has 1 aliphatic rings. The second-order valence-corrected chi connectivity index (χ2v) is 7.97. The number of amides is 2. The van der Waals surface area contributed by atoms with E-state index < -0.39 is 11.9 Å². The number of carbonyl (C=O) groups excluding carboxylic acids is 2. The molecule has 4 heteroatoms. The molecule has 1 atom stereocenters. The van der Waals surface area contributed by atoms with Gasteiger partial charge in [-0.15, -0.1) is 6.42 Å². The Morgan fingerprint density at radius 3 is 2.32 bits per heavy atom. The minimum Gasteiger partial charge on any atom is -0.351 e. The summed E-state index contributed by atoms with van der Waals surface area (Å²) in [5.74, 6) is 1.51. The molecule has 3 aromatic rings. The highest BCUT2D eigenvalue weighted by molar-refractivity contribution is 6.13. The lowest BCUT2D eigenvalue weighted by atomic mass is 9.94. The van der Waals surface area contributed by atoms with Gasteiger partial charge in [0.25, 0.3) is 0 Å². The van der Waals surface area contributed by atoms with Gasteiger partial charge >= 0.3 is 5.91 Å². The van der Waals surface area contributed by atoms with Gasteiger partial charge in [-0.25, -0.2) is 0 Å². The second-order valence-electron chi connectivity index (χ2n) is 7.97. The van der Waals surface area contributed by atoms with Crippen LogP contribution in [0.1, 0.15) is 43.7 Å². The van der Waals surface area contributed by atoms with Gasteiger partial charge < -0.3 is 5.32 Å². The Labute approximate surface area is 183 Å². The van der Waals surface area contributed by atoms with Crippen molar-refractivity contribution in [1.82, 2.24) is 5.32 Å². The molecule has 4 rings (SSSR count). The number of hydrogen-bond acceptors (Lipinski definition) is 2. The zero-order valence-corrected chi connectivity index (χ0v) is 17.5. The van der Waals surface area contributed by atoms with Crippen LogP contribution in [0.5, 0.6) is 0 Å².